The minimum Gasteiger partial charge on any atom is -0.316 e. The van der Waals surface area contributed by atoms with Crippen LogP contribution < -0.4 is 5.32 Å². The molecule has 1 N–H and O–H groups in total. The first-order valence-electron chi connectivity index (χ1n) is 4.90. The Morgan fingerprint density at radius 1 is 1.47 bits per heavy atom. The first-order chi connectivity index (χ1) is 6.94. The summed E-state index contributed by atoms with van der Waals surface area (Å²) in [5.74, 6) is 0.0136. The molecule has 0 aliphatic carbocycles. The van der Waals surface area contributed by atoms with Crippen molar-refractivity contribution in [3.63, 3.8) is 0 Å². The third kappa shape index (κ3) is 2.14. The van der Waals surface area contributed by atoms with Gasteiger partial charge < -0.3 is 5.32 Å². The van der Waals surface area contributed by atoms with Gasteiger partial charge in [-0.15, -0.1) is 0 Å². The van der Waals surface area contributed by atoms with Gasteiger partial charge in [0.1, 0.15) is 0 Å². The van der Waals surface area contributed by atoms with Crippen LogP contribution in [-0.4, -0.2) is 51.1 Å². The molecular formula is C8H14F2N2O2S. The number of hydrogen-bond donors (Lipinski definition) is 1. The summed E-state index contributed by atoms with van der Waals surface area (Å²) in [5, 5.41) is 3.09. The summed E-state index contributed by atoms with van der Waals surface area (Å²) in [6.45, 7) is 0.973. The molecule has 7 heteroatoms. The molecule has 2 saturated heterocycles. The molecule has 0 aromatic carbocycles. The average Bonchev–Trinajstić information content (AvgIpc) is 2.58. The van der Waals surface area contributed by atoms with Crippen molar-refractivity contribution in [3.05, 3.63) is 0 Å². The zero-order valence-electron chi connectivity index (χ0n) is 8.25. The predicted octanol–water partition coefficient (Wildman–Crippen LogP) is -0.123. The Balaban J connectivity index is 2.14. The Morgan fingerprint density at radius 3 is 2.73 bits per heavy atom. The van der Waals surface area contributed by atoms with Crippen LogP contribution in [0.15, 0.2) is 0 Å². The van der Waals surface area contributed by atoms with Gasteiger partial charge in [0.05, 0.1) is 12.3 Å². The maximum absolute atomic E-state index is 12.2. The molecule has 0 bridgehead atoms. The fourth-order valence-corrected chi connectivity index (χ4v) is 4.49. The lowest BCUT2D eigenvalue weighted by Crippen LogP contribution is -2.33. The van der Waals surface area contributed by atoms with Crippen molar-refractivity contribution < 1.29 is 17.2 Å². The van der Waals surface area contributed by atoms with Gasteiger partial charge in [-0.25, -0.2) is 17.2 Å². The second-order valence-corrected chi connectivity index (χ2v) is 6.34. The molecule has 15 heavy (non-hydrogen) atoms. The van der Waals surface area contributed by atoms with Crippen LogP contribution in [0.5, 0.6) is 0 Å². The lowest BCUT2D eigenvalue weighted by Gasteiger charge is -2.19. The summed E-state index contributed by atoms with van der Waals surface area (Å²) in [5.41, 5.74) is -0.326. The molecule has 4 nitrogen and oxygen atoms in total. The first kappa shape index (κ1) is 11.2. The van der Waals surface area contributed by atoms with Crippen LogP contribution in [-0.2, 0) is 10.0 Å². The number of hydrogen-bond acceptors (Lipinski definition) is 3. The summed E-state index contributed by atoms with van der Waals surface area (Å²) in [6, 6.07) is 0. The number of halogens is 2. The first-order valence-corrected chi connectivity index (χ1v) is 6.51. The summed E-state index contributed by atoms with van der Waals surface area (Å²) >= 11 is 0. The predicted molar refractivity (Wildman–Crippen MR) is 51.3 cm³/mol. The molecule has 0 aromatic rings. The van der Waals surface area contributed by atoms with Gasteiger partial charge in [0.15, 0.2) is 0 Å². The highest BCUT2D eigenvalue weighted by Crippen LogP contribution is 2.36. The van der Waals surface area contributed by atoms with E-state index in [9.17, 15) is 17.2 Å². The molecule has 88 valence electrons. The van der Waals surface area contributed by atoms with E-state index in [1.165, 1.54) is 0 Å². The average molecular weight is 240 g/mol. The van der Waals surface area contributed by atoms with Crippen LogP contribution in [0.2, 0.25) is 0 Å². The Bertz CT molecular complexity index is 339. The molecule has 1 spiro atoms. The lowest BCUT2D eigenvalue weighted by molar-refractivity contribution is 0.115. The maximum atomic E-state index is 12.2. The molecule has 0 radical (unpaired) electrons. The molecule has 1 unspecified atom stereocenters. The maximum Gasteiger partial charge on any atom is 0.252 e. The van der Waals surface area contributed by atoms with E-state index in [0.29, 0.717) is 6.54 Å². The Kier molecular flexibility index (Phi) is 2.72. The number of alkyl halides is 2. The third-order valence-electron chi connectivity index (χ3n) is 3.07. The van der Waals surface area contributed by atoms with Crippen molar-refractivity contribution in [2.75, 3.05) is 31.9 Å². The minimum atomic E-state index is -3.46. The minimum absolute atomic E-state index is 0.0136. The second-order valence-electron chi connectivity index (χ2n) is 4.37. The Morgan fingerprint density at radius 2 is 2.20 bits per heavy atom. The Hall–Kier alpha value is -0.270. The van der Waals surface area contributed by atoms with E-state index in [-0.39, 0.29) is 17.7 Å². The molecule has 2 heterocycles. The molecule has 2 aliphatic rings. The van der Waals surface area contributed by atoms with Crippen LogP contribution in [0.1, 0.15) is 6.42 Å². The van der Waals surface area contributed by atoms with Crippen LogP contribution in [0.3, 0.4) is 0 Å². The van der Waals surface area contributed by atoms with E-state index in [2.05, 4.69) is 5.32 Å². The highest BCUT2D eigenvalue weighted by Gasteiger charge is 2.49. The van der Waals surface area contributed by atoms with E-state index in [1.807, 2.05) is 0 Å². The van der Waals surface area contributed by atoms with Gasteiger partial charge in [-0.3, -0.25) is 0 Å². The van der Waals surface area contributed by atoms with Crippen LogP contribution in [0, 0.1) is 5.41 Å². The lowest BCUT2D eigenvalue weighted by atomic mass is 9.90. The molecule has 1 atom stereocenters. The highest BCUT2D eigenvalue weighted by molar-refractivity contribution is 7.89. The fourth-order valence-electron chi connectivity index (χ4n) is 2.38. The zero-order chi connectivity index (χ0) is 11.1. The second kappa shape index (κ2) is 3.64. The van der Waals surface area contributed by atoms with Crippen molar-refractivity contribution in [2.45, 2.75) is 12.8 Å². The van der Waals surface area contributed by atoms with Crippen LogP contribution in [0.25, 0.3) is 0 Å². The fraction of sp³-hybridized carbons (Fsp3) is 1.00. The van der Waals surface area contributed by atoms with Gasteiger partial charge in [0.2, 0.25) is 10.0 Å². The number of nitrogens with zero attached hydrogens (tertiary/aromatic N) is 1. The summed E-state index contributed by atoms with van der Waals surface area (Å²) in [6.07, 6.45) is -1.84. The van der Waals surface area contributed by atoms with E-state index < -0.39 is 23.0 Å². The zero-order valence-corrected chi connectivity index (χ0v) is 9.06. The molecule has 2 aliphatic heterocycles. The molecule has 2 fully saturated rings. The van der Waals surface area contributed by atoms with Crippen LogP contribution in [0.4, 0.5) is 8.78 Å². The molecule has 0 aromatic heterocycles. The van der Waals surface area contributed by atoms with E-state index in [4.69, 9.17) is 0 Å². The van der Waals surface area contributed by atoms with Gasteiger partial charge in [-0.2, -0.15) is 4.31 Å². The quantitative estimate of drug-likeness (QED) is 0.732. The molecule has 0 amide bonds. The molecular weight excluding hydrogens is 226 g/mol. The van der Waals surface area contributed by atoms with Crippen molar-refractivity contribution in [1.29, 1.82) is 0 Å². The summed E-state index contributed by atoms with van der Waals surface area (Å²) < 4.78 is 48.5. The molecule has 2 rings (SSSR count). The topological polar surface area (TPSA) is 49.4 Å². The summed E-state index contributed by atoms with van der Waals surface area (Å²) in [4.78, 5) is 0. The van der Waals surface area contributed by atoms with Crippen molar-refractivity contribution in [2.24, 2.45) is 5.41 Å². The Labute approximate surface area is 87.7 Å². The smallest absolute Gasteiger partial charge is 0.252 e. The monoisotopic (exact) mass is 240 g/mol. The van der Waals surface area contributed by atoms with E-state index in [0.717, 1.165) is 17.3 Å². The van der Waals surface area contributed by atoms with Crippen molar-refractivity contribution in [3.8, 4) is 0 Å². The van der Waals surface area contributed by atoms with Gasteiger partial charge in [-0.05, 0) is 13.0 Å². The van der Waals surface area contributed by atoms with Gasteiger partial charge in [0.25, 0.3) is 6.43 Å². The standard InChI is InChI=1S/C8H14F2N2O2S/c9-7(10)3-12-5-8(1-2-11-4-8)6-15(12,13)14/h7,11H,1-6H2. The summed E-state index contributed by atoms with van der Waals surface area (Å²) in [7, 11) is -3.46. The largest absolute Gasteiger partial charge is 0.316 e. The van der Waals surface area contributed by atoms with Gasteiger partial charge in [-0.1, -0.05) is 0 Å². The van der Waals surface area contributed by atoms with Gasteiger partial charge >= 0.3 is 0 Å². The third-order valence-corrected chi connectivity index (χ3v) is 5.11. The van der Waals surface area contributed by atoms with Crippen molar-refractivity contribution in [1.82, 2.24) is 9.62 Å². The van der Waals surface area contributed by atoms with Gasteiger partial charge in [0, 0.05) is 18.5 Å². The SMILES string of the molecule is O=S1(=O)CC2(CCNC2)CN1CC(F)F. The van der Waals surface area contributed by atoms with E-state index >= 15 is 0 Å². The van der Waals surface area contributed by atoms with Crippen LogP contribution >= 0.6 is 0 Å². The highest BCUT2D eigenvalue weighted by atomic mass is 32.2. The van der Waals surface area contributed by atoms with Crippen molar-refractivity contribution >= 4 is 10.0 Å². The molecule has 0 saturated carbocycles. The number of nitrogens with one attached hydrogen (secondary N) is 1. The number of sulfonamides is 1. The van der Waals surface area contributed by atoms with E-state index in [1.54, 1.807) is 0 Å². The normalized spacial score (nSPS) is 35.7. The number of rotatable bonds is 2.